The summed E-state index contributed by atoms with van der Waals surface area (Å²) in [5, 5.41) is 12.5. The quantitative estimate of drug-likeness (QED) is 0.639. The van der Waals surface area contributed by atoms with Gasteiger partial charge in [-0.1, -0.05) is 27.2 Å². The lowest BCUT2D eigenvalue weighted by atomic mass is 10.0. The molecule has 0 bridgehead atoms. The number of aliphatic carboxylic acids is 1. The first-order chi connectivity index (χ1) is 13.2. The van der Waals surface area contributed by atoms with Gasteiger partial charge in [0, 0.05) is 17.0 Å². The molecule has 7 heteroatoms. The van der Waals surface area contributed by atoms with E-state index in [1.807, 2.05) is 6.07 Å². The summed E-state index contributed by atoms with van der Waals surface area (Å²) in [6, 6.07) is 4.09. The smallest absolute Gasteiger partial charge is 0.336 e. The third kappa shape index (κ3) is 5.12. The minimum Gasteiger partial charge on any atom is -0.483 e. The van der Waals surface area contributed by atoms with Crippen molar-refractivity contribution in [2.75, 3.05) is 6.61 Å². The maximum absolute atomic E-state index is 12.1. The zero-order valence-electron chi connectivity index (χ0n) is 16.7. The van der Waals surface area contributed by atoms with E-state index in [2.05, 4.69) is 12.2 Å². The van der Waals surface area contributed by atoms with Gasteiger partial charge >= 0.3 is 11.6 Å². The van der Waals surface area contributed by atoms with Gasteiger partial charge in [-0.3, -0.25) is 4.79 Å². The molecule has 1 atom stereocenters. The Balaban J connectivity index is 2.20. The molecule has 0 aliphatic heterocycles. The second-order valence-electron chi connectivity index (χ2n) is 7.18. The molecule has 0 saturated carbocycles. The van der Waals surface area contributed by atoms with Crippen LogP contribution >= 0.6 is 0 Å². The van der Waals surface area contributed by atoms with Crippen molar-refractivity contribution < 1.29 is 23.8 Å². The Morgan fingerprint density at radius 2 is 2.00 bits per heavy atom. The minimum atomic E-state index is -1.09. The second kappa shape index (κ2) is 9.39. The van der Waals surface area contributed by atoms with Crippen LogP contribution in [0.1, 0.15) is 44.7 Å². The molecule has 152 valence electrons. The maximum Gasteiger partial charge on any atom is 0.336 e. The fourth-order valence-electron chi connectivity index (χ4n) is 3.01. The van der Waals surface area contributed by atoms with E-state index in [0.29, 0.717) is 16.9 Å². The van der Waals surface area contributed by atoms with Crippen molar-refractivity contribution >= 4 is 22.8 Å². The van der Waals surface area contributed by atoms with E-state index in [4.69, 9.17) is 14.3 Å². The van der Waals surface area contributed by atoms with Crippen LogP contribution in [0.2, 0.25) is 0 Å². The molecule has 1 aromatic heterocycles. The molecule has 1 heterocycles. The number of rotatable bonds is 9. The van der Waals surface area contributed by atoms with Crippen LogP contribution in [0.3, 0.4) is 0 Å². The Kier molecular flexibility index (Phi) is 7.20. The standard InChI is InChI=1S/C21H27NO6/c1-5-6-7-14-10-18(24)28-20-13(4)16(9-8-15(14)20)27-11-17(23)22-19(12(2)3)21(25)26/h8-10,12,19H,5-7,11H2,1-4H3,(H,22,23)(H,25,26). The third-order valence-corrected chi connectivity index (χ3v) is 4.60. The predicted molar refractivity (Wildman–Crippen MR) is 106 cm³/mol. The highest BCUT2D eigenvalue weighted by molar-refractivity contribution is 5.86. The number of ether oxygens (including phenoxy) is 1. The number of nitrogens with one attached hydrogen (secondary N) is 1. The summed E-state index contributed by atoms with van der Waals surface area (Å²) in [7, 11) is 0. The SMILES string of the molecule is CCCCc1cc(=O)oc2c(C)c(OCC(=O)NC(C(=O)O)C(C)C)ccc12. The number of carbonyl (C=O) groups is 2. The van der Waals surface area contributed by atoms with Gasteiger partial charge in [0.15, 0.2) is 6.61 Å². The van der Waals surface area contributed by atoms with Gasteiger partial charge in [-0.15, -0.1) is 0 Å². The topological polar surface area (TPSA) is 106 Å². The highest BCUT2D eigenvalue weighted by Crippen LogP contribution is 2.29. The molecule has 1 aromatic carbocycles. The summed E-state index contributed by atoms with van der Waals surface area (Å²) in [6.45, 7) is 6.94. The van der Waals surface area contributed by atoms with Gasteiger partial charge in [0.05, 0.1) is 0 Å². The summed E-state index contributed by atoms with van der Waals surface area (Å²) in [5.41, 5.74) is 1.58. The Bertz CT molecular complexity index is 915. The first kappa shape index (κ1) is 21.5. The van der Waals surface area contributed by atoms with Crippen molar-refractivity contribution in [2.45, 2.75) is 53.0 Å². The lowest BCUT2D eigenvalue weighted by Crippen LogP contribution is -2.46. The zero-order chi connectivity index (χ0) is 20.8. The molecule has 2 rings (SSSR count). The third-order valence-electron chi connectivity index (χ3n) is 4.60. The van der Waals surface area contributed by atoms with E-state index in [-0.39, 0.29) is 12.5 Å². The summed E-state index contributed by atoms with van der Waals surface area (Å²) in [4.78, 5) is 35.2. The first-order valence-electron chi connectivity index (χ1n) is 9.45. The molecule has 0 saturated heterocycles. The lowest BCUT2D eigenvalue weighted by Gasteiger charge is -2.18. The number of amides is 1. The van der Waals surface area contributed by atoms with Crippen molar-refractivity contribution in [3.63, 3.8) is 0 Å². The van der Waals surface area contributed by atoms with Crippen LogP contribution in [0, 0.1) is 12.8 Å². The van der Waals surface area contributed by atoms with Crippen LogP contribution in [-0.2, 0) is 16.0 Å². The van der Waals surface area contributed by atoms with Crippen LogP contribution in [0.15, 0.2) is 27.4 Å². The molecule has 0 radical (unpaired) electrons. The number of unbranched alkanes of at least 4 members (excludes halogenated alkanes) is 1. The minimum absolute atomic E-state index is 0.250. The van der Waals surface area contributed by atoms with Crippen molar-refractivity contribution in [1.82, 2.24) is 5.32 Å². The normalized spacial score (nSPS) is 12.2. The molecular weight excluding hydrogens is 362 g/mol. The molecule has 0 spiro atoms. The molecule has 0 fully saturated rings. The highest BCUT2D eigenvalue weighted by Gasteiger charge is 2.23. The number of aryl methyl sites for hydroxylation is 2. The Hall–Kier alpha value is -2.83. The van der Waals surface area contributed by atoms with Gasteiger partial charge in [0.25, 0.3) is 5.91 Å². The van der Waals surface area contributed by atoms with Crippen LogP contribution in [0.5, 0.6) is 5.75 Å². The molecule has 7 nitrogen and oxygen atoms in total. The van der Waals surface area contributed by atoms with Crippen LogP contribution in [-0.4, -0.2) is 29.6 Å². The number of fused-ring (bicyclic) bond motifs is 1. The van der Waals surface area contributed by atoms with Gasteiger partial charge in [-0.25, -0.2) is 9.59 Å². The molecule has 1 unspecified atom stereocenters. The first-order valence-corrected chi connectivity index (χ1v) is 9.45. The summed E-state index contributed by atoms with van der Waals surface area (Å²) >= 11 is 0. The van der Waals surface area contributed by atoms with Gasteiger partial charge in [-0.2, -0.15) is 0 Å². The average Bonchev–Trinajstić information content (AvgIpc) is 2.63. The lowest BCUT2D eigenvalue weighted by molar-refractivity contribution is -0.143. The number of hydrogen-bond donors (Lipinski definition) is 2. The Morgan fingerprint density at radius 3 is 2.61 bits per heavy atom. The summed E-state index contributed by atoms with van der Waals surface area (Å²) in [6.07, 6.45) is 2.77. The molecule has 2 N–H and O–H groups in total. The fraction of sp³-hybridized carbons (Fsp3) is 0.476. The number of carboxylic acids is 1. The van der Waals surface area contributed by atoms with Crippen LogP contribution in [0.25, 0.3) is 11.0 Å². The molecule has 0 aliphatic rings. The van der Waals surface area contributed by atoms with Crippen molar-refractivity contribution in [3.8, 4) is 5.75 Å². The van der Waals surface area contributed by atoms with Gasteiger partial charge in [0.2, 0.25) is 0 Å². The number of carboxylic acid groups (broad SMARTS) is 1. The van der Waals surface area contributed by atoms with Gasteiger partial charge < -0.3 is 19.6 Å². The maximum atomic E-state index is 12.1. The summed E-state index contributed by atoms with van der Waals surface area (Å²) < 4.78 is 10.9. The second-order valence-corrected chi connectivity index (χ2v) is 7.18. The molecule has 0 aliphatic carbocycles. The van der Waals surface area contributed by atoms with E-state index in [9.17, 15) is 14.4 Å². The van der Waals surface area contributed by atoms with E-state index >= 15 is 0 Å². The average molecular weight is 389 g/mol. The number of carbonyl (C=O) groups excluding carboxylic acids is 1. The van der Waals surface area contributed by atoms with E-state index < -0.39 is 23.5 Å². The Morgan fingerprint density at radius 1 is 1.29 bits per heavy atom. The van der Waals surface area contributed by atoms with Crippen molar-refractivity contribution in [2.24, 2.45) is 5.92 Å². The Labute approximate surface area is 163 Å². The number of benzene rings is 1. The summed E-state index contributed by atoms with van der Waals surface area (Å²) in [5.74, 6) is -1.46. The van der Waals surface area contributed by atoms with E-state index in [1.165, 1.54) is 6.07 Å². The van der Waals surface area contributed by atoms with Crippen molar-refractivity contribution in [1.29, 1.82) is 0 Å². The fourth-order valence-corrected chi connectivity index (χ4v) is 3.01. The molecule has 28 heavy (non-hydrogen) atoms. The van der Waals surface area contributed by atoms with Gasteiger partial charge in [-0.05, 0) is 43.4 Å². The van der Waals surface area contributed by atoms with Crippen LogP contribution in [0.4, 0.5) is 0 Å². The molecule has 1 amide bonds. The zero-order valence-corrected chi connectivity index (χ0v) is 16.7. The molecule has 2 aromatic rings. The molecular formula is C21H27NO6. The monoisotopic (exact) mass is 389 g/mol. The van der Waals surface area contributed by atoms with E-state index in [0.717, 1.165) is 30.2 Å². The van der Waals surface area contributed by atoms with Crippen molar-refractivity contribution in [3.05, 3.63) is 39.7 Å². The number of hydrogen-bond acceptors (Lipinski definition) is 5. The largest absolute Gasteiger partial charge is 0.483 e. The van der Waals surface area contributed by atoms with E-state index in [1.54, 1.807) is 26.8 Å². The van der Waals surface area contributed by atoms with Crippen LogP contribution < -0.4 is 15.7 Å². The highest BCUT2D eigenvalue weighted by atomic mass is 16.5. The van der Waals surface area contributed by atoms with Gasteiger partial charge in [0.1, 0.15) is 17.4 Å². The predicted octanol–water partition coefficient (Wildman–Crippen LogP) is 3.05.